The minimum Gasteiger partial charge on any atom is -0.490 e. The molecule has 0 bridgehead atoms. The maximum absolute atomic E-state index is 13.6. The zero-order valence-corrected chi connectivity index (χ0v) is 26.2. The van der Waals surface area contributed by atoms with Crippen LogP contribution in [0.3, 0.4) is 0 Å². The summed E-state index contributed by atoms with van der Waals surface area (Å²) in [6.07, 6.45) is -9.04. The van der Waals surface area contributed by atoms with Gasteiger partial charge in [0.2, 0.25) is 0 Å². The van der Waals surface area contributed by atoms with Gasteiger partial charge in [-0.3, -0.25) is 9.69 Å². The molecule has 256 valence electrons. The van der Waals surface area contributed by atoms with Crippen LogP contribution in [-0.4, -0.2) is 54.3 Å². The fraction of sp³-hybridized carbons (Fsp3) is 0.441. The fourth-order valence-electron chi connectivity index (χ4n) is 5.80. The molecule has 1 amide bonds. The summed E-state index contributed by atoms with van der Waals surface area (Å²) in [7, 11) is 1.31. The number of esters is 1. The Balaban J connectivity index is 1.37. The summed E-state index contributed by atoms with van der Waals surface area (Å²) in [5, 5.41) is 0. The van der Waals surface area contributed by atoms with Crippen LogP contribution in [0.25, 0.3) is 11.1 Å². The first kappa shape index (κ1) is 33.4. The SMILES string of the molecule is COC(=O)CCc1ccc(OC2CC2)c(-c2ccc(N3CCC3)nc2CN2C(=O)O[C@H](c3cc(C(F)(F)F)cc(C(F)(F)F)c3)[C@@H]2C)c1. The summed E-state index contributed by atoms with van der Waals surface area (Å²) in [4.78, 5) is 33.3. The number of amides is 1. The van der Waals surface area contributed by atoms with Gasteiger partial charge in [-0.2, -0.15) is 26.3 Å². The fourth-order valence-corrected chi connectivity index (χ4v) is 5.80. The average molecular weight is 678 g/mol. The average Bonchev–Trinajstić information content (AvgIpc) is 3.79. The lowest BCUT2D eigenvalue weighted by atomic mass is 9.96. The van der Waals surface area contributed by atoms with Gasteiger partial charge in [0, 0.05) is 30.6 Å². The van der Waals surface area contributed by atoms with E-state index in [2.05, 4.69) is 4.90 Å². The number of halogens is 6. The summed E-state index contributed by atoms with van der Waals surface area (Å²) in [5.41, 5.74) is -0.833. The number of hydrogen-bond acceptors (Lipinski definition) is 7. The number of nitrogens with zero attached hydrogens (tertiary/aromatic N) is 3. The summed E-state index contributed by atoms with van der Waals surface area (Å²) < 4.78 is 98.2. The Kier molecular flexibility index (Phi) is 8.94. The number of carbonyl (C=O) groups is 2. The second kappa shape index (κ2) is 12.8. The molecule has 1 saturated carbocycles. The van der Waals surface area contributed by atoms with Crippen molar-refractivity contribution in [3.8, 4) is 16.9 Å². The Hall–Kier alpha value is -4.49. The largest absolute Gasteiger partial charge is 0.490 e. The van der Waals surface area contributed by atoms with Crippen LogP contribution in [0.2, 0.25) is 0 Å². The summed E-state index contributed by atoms with van der Waals surface area (Å²) in [6, 6.07) is 9.56. The van der Waals surface area contributed by atoms with E-state index in [-0.39, 0.29) is 31.1 Å². The second-order valence-electron chi connectivity index (χ2n) is 12.2. The first-order valence-electron chi connectivity index (χ1n) is 15.6. The first-order valence-corrected chi connectivity index (χ1v) is 15.6. The number of aromatic nitrogens is 1. The molecule has 2 saturated heterocycles. The normalized spacial score (nSPS) is 19.6. The Morgan fingerprint density at radius 2 is 1.65 bits per heavy atom. The van der Waals surface area contributed by atoms with Crippen molar-refractivity contribution in [2.75, 3.05) is 25.1 Å². The molecule has 0 unspecified atom stereocenters. The number of anilines is 1. The van der Waals surface area contributed by atoms with E-state index in [1.807, 2.05) is 30.3 Å². The van der Waals surface area contributed by atoms with Gasteiger partial charge in [-0.15, -0.1) is 0 Å². The van der Waals surface area contributed by atoms with Gasteiger partial charge in [0.05, 0.1) is 42.6 Å². The second-order valence-corrected chi connectivity index (χ2v) is 12.2. The van der Waals surface area contributed by atoms with Crippen LogP contribution in [0.4, 0.5) is 37.0 Å². The number of cyclic esters (lactones) is 1. The third-order valence-electron chi connectivity index (χ3n) is 8.79. The van der Waals surface area contributed by atoms with Crippen molar-refractivity contribution in [2.45, 2.75) is 76.2 Å². The van der Waals surface area contributed by atoms with Crippen molar-refractivity contribution in [1.82, 2.24) is 9.88 Å². The van der Waals surface area contributed by atoms with E-state index >= 15 is 0 Å². The monoisotopic (exact) mass is 677 g/mol. The van der Waals surface area contributed by atoms with Crippen LogP contribution >= 0.6 is 0 Å². The highest BCUT2D eigenvalue weighted by Gasteiger charge is 2.44. The molecule has 1 aliphatic carbocycles. The Morgan fingerprint density at radius 1 is 0.958 bits per heavy atom. The highest BCUT2D eigenvalue weighted by molar-refractivity contribution is 5.76. The molecule has 3 aromatic rings. The molecule has 2 aliphatic heterocycles. The third kappa shape index (κ3) is 7.16. The summed E-state index contributed by atoms with van der Waals surface area (Å²) in [6.45, 7) is 2.93. The quantitative estimate of drug-likeness (QED) is 0.161. The van der Waals surface area contributed by atoms with Gasteiger partial charge in [-0.25, -0.2) is 9.78 Å². The van der Waals surface area contributed by atoms with Crippen molar-refractivity contribution in [1.29, 1.82) is 0 Å². The third-order valence-corrected chi connectivity index (χ3v) is 8.79. The number of ether oxygens (including phenoxy) is 3. The molecule has 2 aromatic carbocycles. The van der Waals surface area contributed by atoms with E-state index in [9.17, 15) is 35.9 Å². The predicted molar refractivity (Wildman–Crippen MR) is 161 cm³/mol. The zero-order valence-electron chi connectivity index (χ0n) is 26.2. The van der Waals surface area contributed by atoms with Crippen LogP contribution in [-0.2, 0) is 39.6 Å². The molecule has 1 aromatic heterocycles. The highest BCUT2D eigenvalue weighted by atomic mass is 19.4. The Bertz CT molecular complexity index is 1670. The molecule has 0 radical (unpaired) electrons. The topological polar surface area (TPSA) is 81.2 Å². The number of rotatable bonds is 10. The maximum Gasteiger partial charge on any atom is 0.416 e. The molecule has 6 rings (SSSR count). The van der Waals surface area contributed by atoms with E-state index in [4.69, 9.17) is 19.2 Å². The van der Waals surface area contributed by atoms with Gasteiger partial charge < -0.3 is 19.1 Å². The minimum atomic E-state index is -5.05. The van der Waals surface area contributed by atoms with E-state index in [0.29, 0.717) is 46.9 Å². The molecule has 14 heteroatoms. The van der Waals surface area contributed by atoms with Crippen LogP contribution in [0.5, 0.6) is 5.75 Å². The van der Waals surface area contributed by atoms with Gasteiger partial charge in [0.25, 0.3) is 0 Å². The van der Waals surface area contributed by atoms with E-state index in [0.717, 1.165) is 37.9 Å². The van der Waals surface area contributed by atoms with Crippen molar-refractivity contribution >= 4 is 17.9 Å². The standard InChI is InChI=1S/C34H33F6N3O5/c1-19-31(21-15-22(33(35,36)37)17-23(16-21)34(38,39)40)48-32(45)43(19)18-27-25(8-10-29(41-27)42-12-3-13-42)26-14-20(5-11-30(44)46-2)4-9-28(26)47-24-6-7-24/h4,8-10,14-17,19,24,31H,3,5-7,11-13,18H2,1-2H3/t19-,31-/m0/s1. The lowest BCUT2D eigenvalue weighted by molar-refractivity contribution is -0.143. The first-order chi connectivity index (χ1) is 22.7. The lowest BCUT2D eigenvalue weighted by Gasteiger charge is -2.33. The van der Waals surface area contributed by atoms with Gasteiger partial charge in [0.15, 0.2) is 0 Å². The van der Waals surface area contributed by atoms with Crippen LogP contribution in [0.15, 0.2) is 48.5 Å². The molecule has 2 atom stereocenters. The van der Waals surface area contributed by atoms with Crippen molar-refractivity contribution in [2.24, 2.45) is 0 Å². The molecular formula is C34H33F6N3O5. The Morgan fingerprint density at radius 3 is 2.23 bits per heavy atom. The van der Waals surface area contributed by atoms with Gasteiger partial charge in [-0.05, 0) is 86.2 Å². The van der Waals surface area contributed by atoms with Crippen LogP contribution in [0, 0.1) is 0 Å². The van der Waals surface area contributed by atoms with Gasteiger partial charge >= 0.3 is 24.4 Å². The molecule has 3 heterocycles. The van der Waals surface area contributed by atoms with Crippen LogP contribution in [0.1, 0.15) is 66.7 Å². The number of hydrogen-bond donors (Lipinski definition) is 0. The predicted octanol–water partition coefficient (Wildman–Crippen LogP) is 7.73. The number of carbonyl (C=O) groups excluding carboxylic acids is 2. The Labute approximate surface area is 272 Å². The molecular weight excluding hydrogens is 644 g/mol. The summed E-state index contributed by atoms with van der Waals surface area (Å²) in [5.74, 6) is 0.879. The molecule has 3 fully saturated rings. The number of methoxy groups -OCH3 is 1. The summed E-state index contributed by atoms with van der Waals surface area (Å²) >= 11 is 0. The molecule has 0 N–H and O–H groups in total. The van der Waals surface area contributed by atoms with E-state index in [1.54, 1.807) is 0 Å². The number of aryl methyl sites for hydroxylation is 1. The molecule has 8 nitrogen and oxygen atoms in total. The molecule has 48 heavy (non-hydrogen) atoms. The van der Waals surface area contributed by atoms with Gasteiger partial charge in [0.1, 0.15) is 17.7 Å². The maximum atomic E-state index is 13.6. The number of alkyl halides is 6. The van der Waals surface area contributed by atoms with Gasteiger partial charge in [-0.1, -0.05) is 6.07 Å². The van der Waals surface area contributed by atoms with Crippen LogP contribution < -0.4 is 9.64 Å². The smallest absolute Gasteiger partial charge is 0.416 e. The number of pyridine rings is 1. The lowest BCUT2D eigenvalue weighted by Crippen LogP contribution is -2.38. The van der Waals surface area contributed by atoms with Crippen molar-refractivity contribution in [3.63, 3.8) is 0 Å². The molecule has 0 spiro atoms. The number of benzene rings is 2. The molecule has 3 aliphatic rings. The zero-order chi connectivity index (χ0) is 34.4. The van der Waals surface area contributed by atoms with Crippen molar-refractivity contribution in [3.05, 3.63) is 76.5 Å². The highest BCUT2D eigenvalue weighted by Crippen LogP contribution is 2.43. The van der Waals surface area contributed by atoms with Crippen molar-refractivity contribution < 1.29 is 50.1 Å². The van der Waals surface area contributed by atoms with E-state index in [1.165, 1.54) is 18.9 Å². The van der Waals surface area contributed by atoms with E-state index < -0.39 is 47.3 Å². The minimum absolute atomic E-state index is 0.0424.